The van der Waals surface area contributed by atoms with Gasteiger partial charge in [0, 0.05) is 0 Å². The van der Waals surface area contributed by atoms with Crippen LogP contribution in [0, 0.1) is 5.41 Å². The molecule has 0 spiro atoms. The van der Waals surface area contributed by atoms with Gasteiger partial charge in [-0.3, -0.25) is 0 Å². The summed E-state index contributed by atoms with van der Waals surface area (Å²) >= 11 is 0. The van der Waals surface area contributed by atoms with E-state index in [0.717, 1.165) is 5.56 Å². The van der Waals surface area contributed by atoms with Crippen LogP contribution in [0.5, 0.6) is 0 Å². The molecule has 0 aromatic heterocycles. The first kappa shape index (κ1) is 10.7. The first-order chi connectivity index (χ1) is 6.83. The lowest BCUT2D eigenvalue weighted by Gasteiger charge is -2.25. The van der Waals surface area contributed by atoms with Crippen LogP contribution in [0.15, 0.2) is 29.2 Å². The molecule has 1 aliphatic heterocycles. The van der Waals surface area contributed by atoms with E-state index in [1.54, 1.807) is 12.1 Å². The first-order valence-electron chi connectivity index (χ1n) is 5.15. The van der Waals surface area contributed by atoms with E-state index < -0.39 is 9.84 Å². The summed E-state index contributed by atoms with van der Waals surface area (Å²) in [6.07, 6.45) is 0.655. The summed E-state index contributed by atoms with van der Waals surface area (Å²) in [5.41, 5.74) is 0.773. The highest BCUT2D eigenvalue weighted by atomic mass is 32.2. The molecule has 1 heterocycles. The molecule has 82 valence electrons. The van der Waals surface area contributed by atoms with Crippen molar-refractivity contribution in [1.82, 2.24) is 0 Å². The van der Waals surface area contributed by atoms with Crippen molar-refractivity contribution in [2.45, 2.75) is 37.3 Å². The Bertz CT molecular complexity index is 481. The van der Waals surface area contributed by atoms with Gasteiger partial charge in [-0.1, -0.05) is 39.0 Å². The molecule has 1 atom stereocenters. The molecule has 3 heteroatoms. The largest absolute Gasteiger partial charge is 0.223 e. The molecule has 0 bridgehead atoms. The standard InChI is InChI=1S/C12H16O2S/c1-12(2,3)11-8-9-6-4-5-7-10(9)15(11,13)14/h4-7,11H,8H2,1-3H3. The van der Waals surface area contributed by atoms with Gasteiger partial charge in [0.1, 0.15) is 0 Å². The van der Waals surface area contributed by atoms with Crippen molar-refractivity contribution in [1.29, 1.82) is 0 Å². The Labute approximate surface area is 91.2 Å². The van der Waals surface area contributed by atoms with Crippen LogP contribution < -0.4 is 0 Å². The van der Waals surface area contributed by atoms with Gasteiger partial charge in [0.2, 0.25) is 0 Å². The molecule has 0 N–H and O–H groups in total. The smallest absolute Gasteiger partial charge is 0.182 e. The van der Waals surface area contributed by atoms with Crippen LogP contribution in [0.3, 0.4) is 0 Å². The maximum atomic E-state index is 12.2. The molecule has 0 saturated heterocycles. The van der Waals surface area contributed by atoms with Gasteiger partial charge in [-0.15, -0.1) is 0 Å². The highest BCUT2D eigenvalue weighted by Gasteiger charge is 2.43. The van der Waals surface area contributed by atoms with Gasteiger partial charge in [-0.2, -0.15) is 0 Å². The summed E-state index contributed by atoms with van der Waals surface area (Å²) < 4.78 is 24.5. The SMILES string of the molecule is CC(C)(C)C1Cc2ccccc2S1(=O)=O. The van der Waals surface area contributed by atoms with Crippen LogP contribution >= 0.6 is 0 Å². The van der Waals surface area contributed by atoms with Crippen LogP contribution in [0.25, 0.3) is 0 Å². The summed E-state index contributed by atoms with van der Waals surface area (Å²) in [5, 5.41) is -0.276. The van der Waals surface area contributed by atoms with Crippen molar-refractivity contribution < 1.29 is 8.42 Å². The van der Waals surface area contributed by atoms with E-state index in [9.17, 15) is 8.42 Å². The highest BCUT2D eigenvalue weighted by Crippen LogP contribution is 2.39. The van der Waals surface area contributed by atoms with E-state index in [1.165, 1.54) is 0 Å². The highest BCUT2D eigenvalue weighted by molar-refractivity contribution is 7.92. The van der Waals surface area contributed by atoms with Gasteiger partial charge in [-0.25, -0.2) is 8.42 Å². The fourth-order valence-electron chi connectivity index (χ4n) is 2.18. The van der Waals surface area contributed by atoms with E-state index in [-0.39, 0.29) is 10.7 Å². The van der Waals surface area contributed by atoms with Gasteiger partial charge in [0.05, 0.1) is 10.1 Å². The number of benzene rings is 1. The maximum absolute atomic E-state index is 12.2. The van der Waals surface area contributed by atoms with Crippen molar-refractivity contribution in [3.8, 4) is 0 Å². The quantitative estimate of drug-likeness (QED) is 0.678. The number of hydrogen-bond acceptors (Lipinski definition) is 2. The molecule has 1 aromatic carbocycles. The number of fused-ring (bicyclic) bond motifs is 1. The minimum absolute atomic E-state index is 0.197. The predicted molar refractivity (Wildman–Crippen MR) is 60.6 cm³/mol. The average molecular weight is 224 g/mol. The molecule has 2 rings (SSSR count). The van der Waals surface area contributed by atoms with Gasteiger partial charge >= 0.3 is 0 Å². The normalized spacial score (nSPS) is 23.8. The van der Waals surface area contributed by atoms with Gasteiger partial charge < -0.3 is 0 Å². The monoisotopic (exact) mass is 224 g/mol. The van der Waals surface area contributed by atoms with E-state index in [4.69, 9.17) is 0 Å². The molecule has 1 aromatic rings. The Kier molecular flexibility index (Phi) is 2.19. The van der Waals surface area contributed by atoms with Crippen molar-refractivity contribution in [3.05, 3.63) is 29.8 Å². The fourth-order valence-corrected chi connectivity index (χ4v) is 4.61. The molecule has 1 unspecified atom stereocenters. The second kappa shape index (κ2) is 3.08. The molecule has 0 radical (unpaired) electrons. The zero-order chi connectivity index (χ0) is 11.3. The summed E-state index contributed by atoms with van der Waals surface area (Å²) in [4.78, 5) is 0.532. The van der Waals surface area contributed by atoms with Crippen molar-refractivity contribution >= 4 is 9.84 Å². The minimum Gasteiger partial charge on any atom is -0.223 e. The van der Waals surface area contributed by atoms with E-state index in [0.29, 0.717) is 11.3 Å². The Hall–Kier alpha value is -0.830. The summed E-state index contributed by atoms with van der Waals surface area (Å²) in [7, 11) is -3.10. The first-order valence-corrected chi connectivity index (χ1v) is 6.70. The summed E-state index contributed by atoms with van der Waals surface area (Å²) in [6, 6.07) is 7.33. The molecular weight excluding hydrogens is 208 g/mol. The van der Waals surface area contributed by atoms with E-state index in [2.05, 4.69) is 0 Å². The number of sulfone groups is 1. The van der Waals surface area contributed by atoms with Crippen LogP contribution in [-0.4, -0.2) is 13.7 Å². The number of rotatable bonds is 0. The lowest BCUT2D eigenvalue weighted by molar-refractivity contribution is 0.381. The Morgan fingerprint density at radius 2 is 1.80 bits per heavy atom. The van der Waals surface area contributed by atoms with Crippen molar-refractivity contribution in [2.75, 3.05) is 0 Å². The van der Waals surface area contributed by atoms with Crippen LogP contribution in [0.2, 0.25) is 0 Å². The zero-order valence-electron chi connectivity index (χ0n) is 9.32. The average Bonchev–Trinajstić information content (AvgIpc) is 2.39. The van der Waals surface area contributed by atoms with E-state index >= 15 is 0 Å². The minimum atomic E-state index is -3.10. The summed E-state index contributed by atoms with van der Waals surface area (Å²) in [6.45, 7) is 5.96. The van der Waals surface area contributed by atoms with Crippen LogP contribution in [-0.2, 0) is 16.3 Å². The molecule has 1 aliphatic rings. The predicted octanol–water partition coefficient (Wildman–Crippen LogP) is 2.43. The third kappa shape index (κ3) is 1.59. The number of hydrogen-bond donors (Lipinski definition) is 0. The second-order valence-corrected chi connectivity index (χ2v) is 7.31. The third-order valence-corrected chi connectivity index (χ3v) is 5.66. The topological polar surface area (TPSA) is 34.1 Å². The Morgan fingerprint density at radius 3 is 2.33 bits per heavy atom. The van der Waals surface area contributed by atoms with Crippen molar-refractivity contribution in [3.63, 3.8) is 0 Å². The summed E-state index contributed by atoms with van der Waals surface area (Å²) in [5.74, 6) is 0. The molecule has 0 amide bonds. The fraction of sp³-hybridized carbons (Fsp3) is 0.500. The third-order valence-electron chi connectivity index (χ3n) is 3.02. The second-order valence-electron chi connectivity index (χ2n) is 5.21. The molecule has 0 fully saturated rings. The maximum Gasteiger partial charge on any atom is 0.182 e. The van der Waals surface area contributed by atoms with Gasteiger partial charge in [-0.05, 0) is 23.5 Å². The van der Waals surface area contributed by atoms with Crippen molar-refractivity contribution in [2.24, 2.45) is 5.41 Å². The Morgan fingerprint density at radius 1 is 1.20 bits per heavy atom. The van der Waals surface area contributed by atoms with Crippen LogP contribution in [0.4, 0.5) is 0 Å². The molecule has 0 aliphatic carbocycles. The molecule has 0 saturated carbocycles. The van der Waals surface area contributed by atoms with Crippen LogP contribution in [0.1, 0.15) is 26.3 Å². The molecular formula is C12H16O2S. The lowest BCUT2D eigenvalue weighted by Crippen LogP contribution is -2.32. The van der Waals surface area contributed by atoms with Gasteiger partial charge in [0.15, 0.2) is 9.84 Å². The lowest BCUT2D eigenvalue weighted by atomic mass is 9.88. The molecule has 2 nitrogen and oxygen atoms in total. The van der Waals surface area contributed by atoms with Gasteiger partial charge in [0.25, 0.3) is 0 Å². The zero-order valence-corrected chi connectivity index (χ0v) is 10.1. The van der Waals surface area contributed by atoms with E-state index in [1.807, 2.05) is 32.9 Å². The molecule has 15 heavy (non-hydrogen) atoms. The Balaban J connectivity index is 2.58.